The molecule has 3 N–H and O–H groups in total. The summed E-state index contributed by atoms with van der Waals surface area (Å²) in [6.45, 7) is 5.01. The Balaban J connectivity index is 0.000000142. The first-order chi connectivity index (χ1) is 16.2. The van der Waals surface area contributed by atoms with Gasteiger partial charge in [0, 0.05) is 23.5 Å². The second-order valence-corrected chi connectivity index (χ2v) is 8.70. The fraction of sp³-hybridized carbons (Fsp3) is 0.619. The largest absolute Gasteiger partial charge is 0.453 e. The summed E-state index contributed by atoms with van der Waals surface area (Å²) in [5.41, 5.74) is 0.349. The SMILES string of the molecule is CC[C@H]1O[C@@H]2[C@@H](Oc3nc(=O)c(C)cn32)[C@@H]1O.Cc1cn2c(nc1=O)O[C@H]1[C@H](O)[C@@H](CO)O[C@H]12. The molecule has 0 unspecified atom stereocenters. The van der Waals surface area contributed by atoms with Gasteiger partial charge in [-0.25, -0.2) is 0 Å². The highest BCUT2D eigenvalue weighted by Crippen LogP contribution is 2.40. The van der Waals surface area contributed by atoms with Crippen LogP contribution in [0.25, 0.3) is 0 Å². The quantitative estimate of drug-likeness (QED) is 0.462. The molecule has 2 fully saturated rings. The summed E-state index contributed by atoms with van der Waals surface area (Å²) >= 11 is 0. The molecule has 13 nitrogen and oxygen atoms in total. The first-order valence-corrected chi connectivity index (χ1v) is 11.0. The van der Waals surface area contributed by atoms with Gasteiger partial charge in [0.1, 0.15) is 18.3 Å². The van der Waals surface area contributed by atoms with E-state index in [9.17, 15) is 19.8 Å². The van der Waals surface area contributed by atoms with Crippen molar-refractivity contribution >= 4 is 0 Å². The van der Waals surface area contributed by atoms with Crippen molar-refractivity contribution in [2.45, 2.75) is 76.3 Å². The van der Waals surface area contributed by atoms with E-state index in [0.717, 1.165) is 6.42 Å². The van der Waals surface area contributed by atoms with Crippen molar-refractivity contribution in [2.24, 2.45) is 0 Å². The molecule has 2 saturated heterocycles. The molecule has 6 heterocycles. The molecule has 4 aliphatic rings. The van der Waals surface area contributed by atoms with Gasteiger partial charge in [-0.15, -0.1) is 0 Å². The standard InChI is InChI=1S/C11H14N2O4.C10H12N2O5/c1-3-6-7(14)8-10(16-6)13-4-5(2)9(15)12-11(13)17-8;1-4-2-12-9-7(6(14)5(3-13)16-9)17-10(12)11-8(4)15/h4,6-8,10,14H,3H2,1-2H3;2,5-7,9,13-14H,3H2,1H3/t6-,7-,8+,10-;5-,6-,7+,9-/m11/s1. The monoisotopic (exact) mass is 478 g/mol. The molecule has 2 aromatic heterocycles. The molecule has 4 aliphatic heterocycles. The van der Waals surface area contributed by atoms with Crippen molar-refractivity contribution in [3.63, 3.8) is 0 Å². The first-order valence-electron chi connectivity index (χ1n) is 11.0. The Hall–Kier alpha value is -2.84. The molecule has 0 amide bonds. The molecule has 0 bridgehead atoms. The summed E-state index contributed by atoms with van der Waals surface area (Å²) in [6.07, 6.45) is -0.531. The van der Waals surface area contributed by atoms with Gasteiger partial charge in [-0.2, -0.15) is 9.97 Å². The topological polar surface area (TPSA) is 167 Å². The van der Waals surface area contributed by atoms with Gasteiger partial charge in [-0.3, -0.25) is 18.7 Å². The van der Waals surface area contributed by atoms with Gasteiger partial charge in [0.2, 0.25) is 0 Å². The van der Waals surface area contributed by atoms with Crippen LogP contribution in [0.1, 0.15) is 36.9 Å². The molecule has 13 heteroatoms. The van der Waals surface area contributed by atoms with Crippen LogP contribution in [0.4, 0.5) is 0 Å². The maximum atomic E-state index is 11.4. The van der Waals surface area contributed by atoms with E-state index in [1.165, 1.54) is 0 Å². The van der Waals surface area contributed by atoms with Crippen LogP contribution in [0.3, 0.4) is 0 Å². The van der Waals surface area contributed by atoms with E-state index in [0.29, 0.717) is 11.1 Å². The summed E-state index contributed by atoms with van der Waals surface area (Å²) in [7, 11) is 0. The van der Waals surface area contributed by atoms with E-state index in [1.54, 1.807) is 35.4 Å². The van der Waals surface area contributed by atoms with Gasteiger partial charge < -0.3 is 34.3 Å². The fourth-order valence-electron chi connectivity index (χ4n) is 4.51. The van der Waals surface area contributed by atoms with Crippen LogP contribution < -0.4 is 20.6 Å². The van der Waals surface area contributed by atoms with Crippen LogP contribution in [0.2, 0.25) is 0 Å². The van der Waals surface area contributed by atoms with Crippen LogP contribution in [-0.4, -0.2) is 77.7 Å². The van der Waals surface area contributed by atoms with Gasteiger partial charge in [0.05, 0.1) is 12.7 Å². The molecule has 184 valence electrons. The maximum Gasteiger partial charge on any atom is 0.302 e. The molecule has 0 aromatic carbocycles. The summed E-state index contributed by atoms with van der Waals surface area (Å²) < 4.78 is 25.3. The number of hydrogen-bond acceptors (Lipinski definition) is 11. The van der Waals surface area contributed by atoms with Gasteiger partial charge in [0.15, 0.2) is 24.7 Å². The van der Waals surface area contributed by atoms with Gasteiger partial charge >= 0.3 is 12.0 Å². The van der Waals surface area contributed by atoms with E-state index < -0.39 is 36.7 Å². The molecule has 34 heavy (non-hydrogen) atoms. The van der Waals surface area contributed by atoms with Crippen molar-refractivity contribution in [2.75, 3.05) is 6.61 Å². The summed E-state index contributed by atoms with van der Waals surface area (Å²) in [5.74, 6) is 0. The number of fused-ring (bicyclic) bond motifs is 6. The third-order valence-electron chi connectivity index (χ3n) is 6.42. The minimum absolute atomic E-state index is 0.144. The normalized spacial score (nSPS) is 34.3. The second-order valence-electron chi connectivity index (χ2n) is 8.70. The Morgan fingerprint density at radius 2 is 1.29 bits per heavy atom. The van der Waals surface area contributed by atoms with Crippen molar-refractivity contribution in [3.05, 3.63) is 44.2 Å². The molecule has 0 spiro atoms. The molecule has 8 atom stereocenters. The van der Waals surface area contributed by atoms with Gasteiger partial charge in [-0.1, -0.05) is 6.92 Å². The Bertz CT molecular complexity index is 1120. The predicted molar refractivity (Wildman–Crippen MR) is 113 cm³/mol. The van der Waals surface area contributed by atoms with Gasteiger partial charge in [-0.05, 0) is 20.3 Å². The lowest BCUT2D eigenvalue weighted by Crippen LogP contribution is -2.34. The van der Waals surface area contributed by atoms with E-state index >= 15 is 0 Å². The van der Waals surface area contributed by atoms with Crippen LogP contribution in [0.5, 0.6) is 12.0 Å². The number of nitrogens with zero attached hydrogens (tertiary/aromatic N) is 4. The minimum Gasteiger partial charge on any atom is -0.453 e. The summed E-state index contributed by atoms with van der Waals surface area (Å²) in [4.78, 5) is 30.3. The highest BCUT2D eigenvalue weighted by molar-refractivity contribution is 5.16. The number of aliphatic hydroxyl groups is 3. The molecular weight excluding hydrogens is 452 g/mol. The molecule has 2 aromatic rings. The smallest absolute Gasteiger partial charge is 0.302 e. The molecule has 0 saturated carbocycles. The summed E-state index contributed by atoms with van der Waals surface area (Å²) in [6, 6.07) is 0.371. The second kappa shape index (κ2) is 8.43. The van der Waals surface area contributed by atoms with Crippen molar-refractivity contribution in [1.82, 2.24) is 19.1 Å². The number of aromatic nitrogens is 4. The minimum atomic E-state index is -0.929. The number of rotatable bonds is 2. The third-order valence-corrected chi connectivity index (χ3v) is 6.42. The number of aliphatic hydroxyl groups excluding tert-OH is 3. The van der Waals surface area contributed by atoms with E-state index in [2.05, 4.69) is 9.97 Å². The Kier molecular flexibility index (Phi) is 5.68. The van der Waals surface area contributed by atoms with Crippen LogP contribution in [0, 0.1) is 13.8 Å². The predicted octanol–water partition coefficient (Wildman–Crippen LogP) is -1.46. The number of hydrogen-bond donors (Lipinski definition) is 3. The lowest BCUT2D eigenvalue weighted by molar-refractivity contribution is -0.0435. The first kappa shape index (κ1) is 22.9. The van der Waals surface area contributed by atoms with Crippen LogP contribution >= 0.6 is 0 Å². The maximum absolute atomic E-state index is 11.4. The third kappa shape index (κ3) is 3.51. The van der Waals surface area contributed by atoms with Crippen LogP contribution in [0.15, 0.2) is 22.0 Å². The Morgan fingerprint density at radius 1 is 0.853 bits per heavy atom. The molecule has 0 radical (unpaired) electrons. The lowest BCUT2D eigenvalue weighted by atomic mass is 10.1. The highest BCUT2D eigenvalue weighted by Gasteiger charge is 2.51. The lowest BCUT2D eigenvalue weighted by Gasteiger charge is -2.14. The van der Waals surface area contributed by atoms with Crippen molar-refractivity contribution < 1.29 is 34.3 Å². The zero-order valence-electron chi connectivity index (χ0n) is 18.8. The van der Waals surface area contributed by atoms with E-state index in [4.69, 9.17) is 24.1 Å². The summed E-state index contributed by atoms with van der Waals surface area (Å²) in [5, 5.41) is 28.9. The fourth-order valence-corrected chi connectivity index (χ4v) is 4.51. The van der Waals surface area contributed by atoms with Crippen molar-refractivity contribution in [3.8, 4) is 12.0 Å². The van der Waals surface area contributed by atoms with E-state index in [-0.39, 0.29) is 42.1 Å². The highest BCUT2D eigenvalue weighted by atomic mass is 16.6. The van der Waals surface area contributed by atoms with Gasteiger partial charge in [0.25, 0.3) is 11.1 Å². The zero-order chi connectivity index (χ0) is 24.3. The number of ether oxygens (including phenoxy) is 4. The molecule has 0 aliphatic carbocycles. The average Bonchev–Trinajstić information content (AvgIpc) is 3.51. The Morgan fingerprint density at radius 3 is 1.74 bits per heavy atom. The van der Waals surface area contributed by atoms with Crippen LogP contribution in [-0.2, 0) is 9.47 Å². The molecular formula is C21H26N4O9. The van der Waals surface area contributed by atoms with E-state index in [1.807, 2.05) is 6.92 Å². The zero-order valence-corrected chi connectivity index (χ0v) is 18.8. The molecule has 6 rings (SSSR count). The average molecular weight is 478 g/mol. The van der Waals surface area contributed by atoms with Crippen molar-refractivity contribution in [1.29, 1.82) is 0 Å². The number of aryl methyl sites for hydroxylation is 2. The Labute approximate surface area is 193 Å².